The molecule has 0 saturated heterocycles. The van der Waals surface area contributed by atoms with Crippen LogP contribution < -0.4 is 5.32 Å². The fourth-order valence-electron chi connectivity index (χ4n) is 3.34. The highest BCUT2D eigenvalue weighted by molar-refractivity contribution is 7.13. The van der Waals surface area contributed by atoms with E-state index in [9.17, 15) is 9.59 Å². The maximum atomic E-state index is 12.0. The van der Waals surface area contributed by atoms with E-state index in [-0.39, 0.29) is 25.0 Å². The Bertz CT molecular complexity index is 785. The van der Waals surface area contributed by atoms with Crippen LogP contribution >= 0.6 is 11.3 Å². The molecule has 144 valence electrons. The first-order valence-corrected chi connectivity index (χ1v) is 10.4. The minimum atomic E-state index is -0.428. The summed E-state index contributed by atoms with van der Waals surface area (Å²) in [5.41, 5.74) is 2.90. The molecule has 0 unspecified atom stereocenters. The van der Waals surface area contributed by atoms with Gasteiger partial charge in [-0.1, -0.05) is 49.6 Å². The Labute approximate surface area is 164 Å². The third-order valence-corrected chi connectivity index (χ3v) is 5.94. The topological polar surface area (TPSA) is 68.3 Å². The van der Waals surface area contributed by atoms with E-state index in [0.29, 0.717) is 11.6 Å². The molecular weight excluding hydrogens is 360 g/mol. The van der Waals surface area contributed by atoms with Crippen LogP contribution in [0.15, 0.2) is 29.6 Å². The number of nitrogens with zero attached hydrogens (tertiary/aromatic N) is 1. The first kappa shape index (κ1) is 19.5. The highest BCUT2D eigenvalue weighted by Gasteiger charge is 2.23. The number of rotatable bonds is 6. The van der Waals surface area contributed by atoms with Crippen molar-refractivity contribution in [2.45, 2.75) is 52.0 Å². The second-order valence-electron chi connectivity index (χ2n) is 7.28. The van der Waals surface area contributed by atoms with Crippen molar-refractivity contribution in [3.8, 4) is 10.6 Å². The Morgan fingerprint density at radius 2 is 1.96 bits per heavy atom. The first-order valence-electron chi connectivity index (χ1n) is 9.47. The van der Waals surface area contributed by atoms with Crippen molar-refractivity contribution in [3.63, 3.8) is 0 Å². The van der Waals surface area contributed by atoms with E-state index in [1.807, 2.05) is 36.6 Å². The molecule has 0 bridgehead atoms. The third-order valence-electron chi connectivity index (χ3n) is 5.00. The molecule has 1 saturated carbocycles. The van der Waals surface area contributed by atoms with E-state index < -0.39 is 5.97 Å². The second-order valence-corrected chi connectivity index (χ2v) is 8.14. The summed E-state index contributed by atoms with van der Waals surface area (Å²) >= 11 is 1.50. The Hall–Kier alpha value is -2.21. The molecule has 0 radical (unpaired) electrons. The number of carbonyl (C=O) groups excluding carboxylic acids is 2. The highest BCUT2D eigenvalue weighted by atomic mass is 32.1. The zero-order valence-corrected chi connectivity index (χ0v) is 16.7. The summed E-state index contributed by atoms with van der Waals surface area (Å²) in [6, 6.07) is 8.31. The smallest absolute Gasteiger partial charge is 0.312 e. The van der Waals surface area contributed by atoms with Crippen molar-refractivity contribution in [3.05, 3.63) is 40.9 Å². The van der Waals surface area contributed by atoms with Crippen LogP contribution in [0, 0.1) is 12.8 Å². The molecule has 2 atom stereocenters. The number of esters is 1. The van der Waals surface area contributed by atoms with Crippen LogP contribution in [-0.2, 0) is 20.7 Å². The molecule has 1 aliphatic carbocycles. The molecule has 0 spiro atoms. The van der Waals surface area contributed by atoms with Gasteiger partial charge in [0.05, 0.1) is 12.1 Å². The lowest BCUT2D eigenvalue weighted by molar-refractivity contribution is -0.148. The van der Waals surface area contributed by atoms with Crippen molar-refractivity contribution in [1.82, 2.24) is 10.3 Å². The third kappa shape index (κ3) is 5.63. The summed E-state index contributed by atoms with van der Waals surface area (Å²) in [7, 11) is 0. The number of hydrogen-bond acceptors (Lipinski definition) is 5. The number of nitrogens with one attached hydrogen (secondary N) is 1. The van der Waals surface area contributed by atoms with Gasteiger partial charge in [0.2, 0.25) is 0 Å². The summed E-state index contributed by atoms with van der Waals surface area (Å²) in [4.78, 5) is 28.6. The number of aryl methyl sites for hydroxylation is 1. The van der Waals surface area contributed by atoms with Crippen LogP contribution in [0.25, 0.3) is 10.6 Å². The zero-order chi connectivity index (χ0) is 19.2. The number of ether oxygens (including phenoxy) is 1. The second kappa shape index (κ2) is 9.13. The average molecular weight is 387 g/mol. The molecular formula is C21H26N2O3S. The quantitative estimate of drug-likeness (QED) is 0.765. The van der Waals surface area contributed by atoms with Crippen LogP contribution in [0.4, 0.5) is 0 Å². The Balaban J connectivity index is 1.45. The number of benzene rings is 1. The lowest BCUT2D eigenvalue weighted by Gasteiger charge is -2.29. The predicted octanol–water partition coefficient (Wildman–Crippen LogP) is 3.90. The minimum absolute atomic E-state index is 0.0788. The fraction of sp³-hybridized carbons (Fsp3) is 0.476. The van der Waals surface area contributed by atoms with Crippen LogP contribution in [0.1, 0.15) is 43.9 Å². The summed E-state index contributed by atoms with van der Waals surface area (Å²) in [6.45, 7) is 3.97. The van der Waals surface area contributed by atoms with Crippen molar-refractivity contribution in [1.29, 1.82) is 0 Å². The van der Waals surface area contributed by atoms with Crippen LogP contribution in [0.3, 0.4) is 0 Å². The predicted molar refractivity (Wildman–Crippen MR) is 107 cm³/mol. The summed E-state index contributed by atoms with van der Waals surface area (Å²) in [5, 5.41) is 5.73. The number of hydrogen-bond donors (Lipinski definition) is 1. The van der Waals surface area contributed by atoms with Crippen LogP contribution in [-0.4, -0.2) is 29.5 Å². The zero-order valence-electron chi connectivity index (χ0n) is 15.9. The number of carbonyl (C=O) groups is 2. The molecule has 1 aromatic carbocycles. The molecule has 1 amide bonds. The van der Waals surface area contributed by atoms with Crippen molar-refractivity contribution >= 4 is 23.2 Å². The first-order chi connectivity index (χ1) is 13.0. The van der Waals surface area contributed by atoms with Gasteiger partial charge in [0.1, 0.15) is 5.01 Å². The van der Waals surface area contributed by atoms with E-state index in [0.717, 1.165) is 29.8 Å². The lowest BCUT2D eigenvalue weighted by atomic mass is 9.86. The monoisotopic (exact) mass is 386 g/mol. The van der Waals surface area contributed by atoms with E-state index in [1.54, 1.807) is 0 Å². The molecule has 1 aliphatic rings. The molecule has 3 rings (SSSR count). The molecule has 1 aromatic heterocycles. The van der Waals surface area contributed by atoms with Gasteiger partial charge in [-0.2, -0.15) is 0 Å². The van der Waals surface area contributed by atoms with Crippen LogP contribution in [0.5, 0.6) is 0 Å². The van der Waals surface area contributed by atoms with Crippen LogP contribution in [0.2, 0.25) is 0 Å². The number of aromatic nitrogens is 1. The number of thiazole rings is 1. The van der Waals surface area contributed by atoms with Crippen molar-refractivity contribution in [2.24, 2.45) is 5.92 Å². The Morgan fingerprint density at radius 3 is 2.70 bits per heavy atom. The van der Waals surface area contributed by atoms with Gasteiger partial charge in [0.25, 0.3) is 5.91 Å². The molecule has 6 heteroatoms. The van der Waals surface area contributed by atoms with Gasteiger partial charge >= 0.3 is 5.97 Å². The van der Waals surface area contributed by atoms with E-state index in [2.05, 4.69) is 17.2 Å². The van der Waals surface area contributed by atoms with Gasteiger partial charge in [-0.15, -0.1) is 11.3 Å². The van der Waals surface area contributed by atoms with Gasteiger partial charge in [-0.25, -0.2) is 4.98 Å². The standard InChI is InChI=1S/C21H26N2O3S/c1-14-7-9-16(10-8-14)21-22-17(13-27-21)11-20(25)26-12-19(24)23-18-6-4-3-5-15(18)2/h7-10,13,15,18H,3-6,11-12H2,1-2H3,(H,23,24)/t15-,18+/m1/s1. The number of amides is 1. The average Bonchev–Trinajstić information content (AvgIpc) is 3.11. The van der Waals surface area contributed by atoms with Crippen molar-refractivity contribution in [2.75, 3.05) is 6.61 Å². The fourth-order valence-corrected chi connectivity index (χ4v) is 4.17. The van der Waals surface area contributed by atoms with Gasteiger partial charge < -0.3 is 10.1 Å². The van der Waals surface area contributed by atoms with Gasteiger partial charge in [0, 0.05) is 17.0 Å². The minimum Gasteiger partial charge on any atom is -0.455 e. The van der Waals surface area contributed by atoms with E-state index in [1.165, 1.54) is 23.3 Å². The maximum absolute atomic E-state index is 12.0. The molecule has 1 fully saturated rings. The highest BCUT2D eigenvalue weighted by Crippen LogP contribution is 2.25. The summed E-state index contributed by atoms with van der Waals surface area (Å²) in [6.07, 6.45) is 4.58. The Morgan fingerprint density at radius 1 is 1.22 bits per heavy atom. The van der Waals surface area contributed by atoms with Gasteiger partial charge in [0.15, 0.2) is 6.61 Å². The summed E-state index contributed by atoms with van der Waals surface area (Å²) < 4.78 is 5.13. The van der Waals surface area contributed by atoms with E-state index >= 15 is 0 Å². The molecule has 1 N–H and O–H groups in total. The molecule has 27 heavy (non-hydrogen) atoms. The molecule has 0 aliphatic heterocycles. The largest absolute Gasteiger partial charge is 0.455 e. The maximum Gasteiger partial charge on any atom is 0.312 e. The SMILES string of the molecule is Cc1ccc(-c2nc(CC(=O)OCC(=O)N[C@H]3CCCC[C@H]3C)cs2)cc1. The summed E-state index contributed by atoms with van der Waals surface area (Å²) in [5.74, 6) is -0.170. The lowest BCUT2D eigenvalue weighted by Crippen LogP contribution is -2.42. The van der Waals surface area contributed by atoms with Gasteiger partial charge in [-0.05, 0) is 25.7 Å². The normalized spacial score (nSPS) is 19.5. The molecule has 2 aromatic rings. The Kier molecular flexibility index (Phi) is 6.61. The molecule has 1 heterocycles. The van der Waals surface area contributed by atoms with Crippen molar-refractivity contribution < 1.29 is 14.3 Å². The molecule has 5 nitrogen and oxygen atoms in total. The van der Waals surface area contributed by atoms with E-state index in [4.69, 9.17) is 4.74 Å². The van der Waals surface area contributed by atoms with Gasteiger partial charge in [-0.3, -0.25) is 9.59 Å².